The van der Waals surface area contributed by atoms with Crippen molar-refractivity contribution in [3.05, 3.63) is 41.0 Å². The molecule has 0 fully saturated rings. The molecule has 4 rings (SSSR count). The highest BCUT2D eigenvalue weighted by atomic mass is 19.1. The number of aromatic nitrogens is 2. The highest BCUT2D eigenvalue weighted by Crippen LogP contribution is 2.41. The van der Waals surface area contributed by atoms with Crippen molar-refractivity contribution in [3.63, 3.8) is 0 Å². The number of amides is 2. The fourth-order valence-electron chi connectivity index (χ4n) is 4.82. The number of carbonyl (C=O) groups is 2. The van der Waals surface area contributed by atoms with Gasteiger partial charge in [-0.25, -0.2) is 23.9 Å². The number of allylic oxidation sites excluding steroid dienone is 1. The van der Waals surface area contributed by atoms with E-state index in [9.17, 15) is 9.59 Å². The number of nitrogens with zero attached hydrogens (tertiary/aromatic N) is 4. The van der Waals surface area contributed by atoms with Crippen LogP contribution in [0.25, 0.3) is 5.57 Å². The lowest BCUT2D eigenvalue weighted by Crippen LogP contribution is -2.41. The maximum absolute atomic E-state index is 16.3. The van der Waals surface area contributed by atoms with Gasteiger partial charge in [-0.05, 0) is 79.9 Å². The summed E-state index contributed by atoms with van der Waals surface area (Å²) in [6.45, 7) is 15.3. The van der Waals surface area contributed by atoms with Crippen LogP contribution in [0.5, 0.6) is 5.75 Å². The number of nitrogens with one attached hydrogen (secondary N) is 1. The first-order chi connectivity index (χ1) is 19.5. The zero-order valence-electron chi connectivity index (χ0n) is 26.1. The summed E-state index contributed by atoms with van der Waals surface area (Å²) < 4.78 is 33.3. The first-order valence-corrected chi connectivity index (χ1v) is 14.3. The Balaban J connectivity index is 1.66. The van der Waals surface area contributed by atoms with Crippen molar-refractivity contribution in [2.75, 3.05) is 30.4 Å². The standard InChI is InChI=1S/C31H42FN5O5/c1-18-16-21(36(9)28(38)41-30(3,4)5)17-23(33-18)35-27-25(32)24(26-22(34-27)13-15-40-26)20-11-10-19(2)37(14-12-20)29(39)42-31(6,7)8/h12,16-17,19H,10-11,13-15H2,1-9H3,(H,33,34,35)/t19-/m0/s1. The number of pyridine rings is 2. The zero-order chi connectivity index (χ0) is 31.0. The van der Waals surface area contributed by atoms with E-state index in [2.05, 4.69) is 15.3 Å². The number of rotatable bonds is 4. The fourth-order valence-corrected chi connectivity index (χ4v) is 4.82. The van der Waals surface area contributed by atoms with Gasteiger partial charge in [0.05, 0.1) is 23.6 Å². The highest BCUT2D eigenvalue weighted by Gasteiger charge is 2.32. The average Bonchev–Trinajstić information content (AvgIpc) is 3.23. The van der Waals surface area contributed by atoms with Gasteiger partial charge in [0.25, 0.3) is 0 Å². The molecule has 228 valence electrons. The summed E-state index contributed by atoms with van der Waals surface area (Å²) in [5.41, 5.74) is 1.63. The highest BCUT2D eigenvalue weighted by molar-refractivity contribution is 5.88. The fraction of sp³-hybridized carbons (Fsp3) is 0.548. The van der Waals surface area contributed by atoms with Gasteiger partial charge in [0.1, 0.15) is 17.0 Å². The number of hydrogen-bond acceptors (Lipinski definition) is 8. The molecular weight excluding hydrogens is 541 g/mol. The van der Waals surface area contributed by atoms with E-state index in [0.29, 0.717) is 60.1 Å². The van der Waals surface area contributed by atoms with E-state index in [1.807, 2.05) is 33.8 Å². The quantitative estimate of drug-likeness (QED) is 0.420. The SMILES string of the molecule is Cc1cc(N(C)C(=O)OC(C)(C)C)cc(Nc2nc3c(c(C4=CCN(C(=O)OC(C)(C)C)[C@@H](C)CC4)c2F)OCC3)n1. The number of fused-ring (bicyclic) bond motifs is 1. The third kappa shape index (κ3) is 7.30. The molecule has 2 amide bonds. The van der Waals surface area contributed by atoms with Gasteiger partial charge in [-0.1, -0.05) is 6.08 Å². The molecule has 1 N–H and O–H groups in total. The molecule has 10 nitrogen and oxygen atoms in total. The van der Waals surface area contributed by atoms with Crippen molar-refractivity contribution in [1.29, 1.82) is 0 Å². The number of carbonyl (C=O) groups excluding carboxylic acids is 2. The smallest absolute Gasteiger partial charge is 0.414 e. The van der Waals surface area contributed by atoms with Crippen LogP contribution in [0.15, 0.2) is 18.2 Å². The van der Waals surface area contributed by atoms with Crippen LogP contribution in [0.1, 0.15) is 78.3 Å². The second-order valence-electron chi connectivity index (χ2n) is 12.8. The minimum absolute atomic E-state index is 0.0143. The predicted octanol–water partition coefficient (Wildman–Crippen LogP) is 6.78. The van der Waals surface area contributed by atoms with E-state index in [-0.39, 0.29) is 18.4 Å². The number of hydrogen-bond donors (Lipinski definition) is 1. The predicted molar refractivity (Wildman–Crippen MR) is 160 cm³/mol. The van der Waals surface area contributed by atoms with Crippen LogP contribution in [-0.2, 0) is 15.9 Å². The molecule has 42 heavy (non-hydrogen) atoms. The summed E-state index contributed by atoms with van der Waals surface area (Å²) in [4.78, 5) is 37.6. The van der Waals surface area contributed by atoms with Gasteiger partial charge >= 0.3 is 12.2 Å². The summed E-state index contributed by atoms with van der Waals surface area (Å²) in [6, 6.07) is 3.29. The topological polar surface area (TPSA) is 106 Å². The molecule has 2 aliphatic heterocycles. The maximum atomic E-state index is 16.3. The third-order valence-corrected chi connectivity index (χ3v) is 6.83. The summed E-state index contributed by atoms with van der Waals surface area (Å²) >= 11 is 0. The molecule has 0 saturated heterocycles. The van der Waals surface area contributed by atoms with Gasteiger partial charge in [0.15, 0.2) is 17.4 Å². The summed E-state index contributed by atoms with van der Waals surface area (Å²) in [6.07, 6.45) is 2.67. The van der Waals surface area contributed by atoms with E-state index in [4.69, 9.17) is 14.2 Å². The minimum atomic E-state index is -0.654. The van der Waals surface area contributed by atoms with Crippen LogP contribution >= 0.6 is 0 Å². The first kappa shape index (κ1) is 31.1. The van der Waals surface area contributed by atoms with Crippen molar-refractivity contribution in [2.45, 2.75) is 91.9 Å². The Morgan fingerprint density at radius 3 is 2.45 bits per heavy atom. The van der Waals surface area contributed by atoms with Crippen LogP contribution in [0.3, 0.4) is 0 Å². The Hall–Kier alpha value is -3.89. The van der Waals surface area contributed by atoms with Crippen molar-refractivity contribution in [1.82, 2.24) is 14.9 Å². The van der Waals surface area contributed by atoms with Crippen LogP contribution in [0.2, 0.25) is 0 Å². The summed E-state index contributed by atoms with van der Waals surface area (Å²) in [5, 5.41) is 3.04. The second-order valence-corrected chi connectivity index (χ2v) is 12.8. The number of halogens is 1. The van der Waals surface area contributed by atoms with E-state index >= 15 is 4.39 Å². The Morgan fingerprint density at radius 1 is 1.10 bits per heavy atom. The van der Waals surface area contributed by atoms with E-state index in [1.165, 1.54) is 4.90 Å². The molecule has 2 aromatic heterocycles. The first-order valence-electron chi connectivity index (χ1n) is 14.3. The van der Waals surface area contributed by atoms with Gasteiger partial charge < -0.3 is 24.4 Å². The number of aryl methyl sites for hydroxylation is 1. The molecule has 0 spiro atoms. The molecular formula is C31H42FN5O5. The van der Waals surface area contributed by atoms with Crippen molar-refractivity contribution < 1.29 is 28.2 Å². The van der Waals surface area contributed by atoms with Gasteiger partial charge in [0.2, 0.25) is 0 Å². The lowest BCUT2D eigenvalue weighted by molar-refractivity contribution is 0.0201. The lowest BCUT2D eigenvalue weighted by Gasteiger charge is -2.30. The number of ether oxygens (including phenoxy) is 3. The molecule has 0 bridgehead atoms. The van der Waals surface area contributed by atoms with E-state index in [1.54, 1.807) is 51.8 Å². The molecule has 2 aromatic rings. The molecule has 0 aliphatic carbocycles. The molecule has 0 saturated carbocycles. The van der Waals surface area contributed by atoms with E-state index < -0.39 is 29.2 Å². The Bertz CT molecular complexity index is 1400. The molecule has 1 atom stereocenters. The molecule has 0 aromatic carbocycles. The minimum Gasteiger partial charge on any atom is -0.491 e. The molecule has 2 aliphatic rings. The number of anilines is 3. The Kier molecular flexibility index (Phi) is 8.71. The largest absolute Gasteiger partial charge is 0.491 e. The van der Waals surface area contributed by atoms with Crippen molar-refractivity contribution in [2.24, 2.45) is 0 Å². The van der Waals surface area contributed by atoms with Crippen molar-refractivity contribution >= 4 is 35.1 Å². The maximum Gasteiger partial charge on any atom is 0.414 e. The average molecular weight is 584 g/mol. The molecule has 4 heterocycles. The normalized spacial score (nSPS) is 17.0. The van der Waals surface area contributed by atoms with Gasteiger partial charge in [-0.15, -0.1) is 0 Å². The zero-order valence-corrected chi connectivity index (χ0v) is 26.1. The van der Waals surface area contributed by atoms with Gasteiger partial charge in [-0.2, -0.15) is 0 Å². The van der Waals surface area contributed by atoms with Crippen LogP contribution in [0, 0.1) is 12.7 Å². The Labute approximate surface area is 247 Å². The second kappa shape index (κ2) is 11.8. The molecule has 0 radical (unpaired) electrons. The molecule has 11 heteroatoms. The van der Waals surface area contributed by atoms with E-state index in [0.717, 1.165) is 5.57 Å². The lowest BCUT2D eigenvalue weighted by atomic mass is 9.98. The van der Waals surface area contributed by atoms with Crippen LogP contribution < -0.4 is 15.0 Å². The summed E-state index contributed by atoms with van der Waals surface area (Å²) in [7, 11) is 1.61. The van der Waals surface area contributed by atoms with Crippen LogP contribution in [0.4, 0.5) is 31.3 Å². The van der Waals surface area contributed by atoms with Crippen LogP contribution in [-0.4, -0.2) is 64.5 Å². The molecule has 0 unspecified atom stereocenters. The Morgan fingerprint density at radius 2 is 1.79 bits per heavy atom. The summed E-state index contributed by atoms with van der Waals surface area (Å²) in [5.74, 6) is 0.215. The van der Waals surface area contributed by atoms with Gasteiger partial charge in [0, 0.05) is 37.8 Å². The van der Waals surface area contributed by atoms with Gasteiger partial charge in [-0.3, -0.25) is 4.90 Å². The monoisotopic (exact) mass is 583 g/mol. The third-order valence-electron chi connectivity index (χ3n) is 6.83. The van der Waals surface area contributed by atoms with Crippen molar-refractivity contribution in [3.8, 4) is 5.75 Å².